The van der Waals surface area contributed by atoms with Gasteiger partial charge < -0.3 is 4.90 Å². The second kappa shape index (κ2) is 6.08. The van der Waals surface area contributed by atoms with Gasteiger partial charge in [-0.25, -0.2) is 0 Å². The van der Waals surface area contributed by atoms with Crippen LogP contribution < -0.4 is 4.90 Å². The summed E-state index contributed by atoms with van der Waals surface area (Å²) < 4.78 is 1.90. The van der Waals surface area contributed by atoms with E-state index in [-0.39, 0.29) is 5.41 Å². The molecular weight excluding hydrogens is 322 g/mol. The number of nitrogens with zero attached hydrogens (tertiary/aromatic N) is 5. The Morgan fingerprint density at radius 3 is 2.58 bits per heavy atom. The van der Waals surface area contributed by atoms with E-state index in [4.69, 9.17) is 5.10 Å². The highest BCUT2D eigenvalue weighted by Gasteiger charge is 2.24. The van der Waals surface area contributed by atoms with Gasteiger partial charge in [0.1, 0.15) is 5.82 Å². The first kappa shape index (κ1) is 17.0. The van der Waals surface area contributed by atoms with Gasteiger partial charge in [0.05, 0.1) is 0 Å². The first-order chi connectivity index (χ1) is 12.3. The number of benzene rings is 1. The van der Waals surface area contributed by atoms with Gasteiger partial charge in [-0.1, -0.05) is 52.8 Å². The van der Waals surface area contributed by atoms with Crippen molar-refractivity contribution in [3.63, 3.8) is 0 Å². The minimum Gasteiger partial charge on any atom is -0.351 e. The molecule has 1 aliphatic heterocycles. The molecule has 26 heavy (non-hydrogen) atoms. The van der Waals surface area contributed by atoms with Crippen LogP contribution in [-0.2, 0) is 18.4 Å². The van der Waals surface area contributed by atoms with E-state index in [2.05, 4.69) is 74.0 Å². The molecule has 0 bridgehead atoms. The first-order valence-electron chi connectivity index (χ1n) is 9.43. The van der Waals surface area contributed by atoms with Crippen molar-refractivity contribution in [3.05, 3.63) is 52.8 Å². The molecule has 1 aromatic carbocycles. The molecule has 0 amide bonds. The maximum Gasteiger partial charge on any atom is 0.178 e. The lowest BCUT2D eigenvalue weighted by atomic mass is 9.89. The normalized spacial score (nSPS) is 14.9. The molecule has 2 aromatic heterocycles. The quantitative estimate of drug-likeness (QED) is 0.698. The summed E-state index contributed by atoms with van der Waals surface area (Å²) in [6, 6.07) is 10.8. The van der Waals surface area contributed by atoms with Gasteiger partial charge in [-0.3, -0.25) is 0 Å². The van der Waals surface area contributed by atoms with Crippen LogP contribution in [0, 0.1) is 0 Å². The van der Waals surface area contributed by atoms with Crippen LogP contribution in [0.5, 0.6) is 0 Å². The molecule has 3 aromatic rings. The van der Waals surface area contributed by atoms with Crippen LogP contribution in [0.2, 0.25) is 0 Å². The smallest absolute Gasteiger partial charge is 0.178 e. The zero-order valence-electron chi connectivity index (χ0n) is 16.3. The van der Waals surface area contributed by atoms with Crippen LogP contribution in [0.3, 0.4) is 0 Å². The van der Waals surface area contributed by atoms with Crippen molar-refractivity contribution in [2.75, 3.05) is 11.4 Å². The summed E-state index contributed by atoms with van der Waals surface area (Å²) in [6.45, 7) is 12.9. The van der Waals surface area contributed by atoms with Crippen LogP contribution in [0.25, 0.3) is 5.65 Å². The van der Waals surface area contributed by atoms with Gasteiger partial charge in [-0.05, 0) is 41.2 Å². The Bertz CT molecular complexity index is 949. The zero-order chi connectivity index (χ0) is 18.5. The average Bonchev–Trinajstić information content (AvgIpc) is 3.04. The molecule has 0 atom stereocenters. The Hall–Kier alpha value is -2.43. The zero-order valence-corrected chi connectivity index (χ0v) is 16.3. The van der Waals surface area contributed by atoms with E-state index < -0.39 is 0 Å². The molecule has 0 aliphatic carbocycles. The summed E-state index contributed by atoms with van der Waals surface area (Å²) in [7, 11) is 0. The topological polar surface area (TPSA) is 46.3 Å². The van der Waals surface area contributed by atoms with E-state index in [0.717, 1.165) is 36.8 Å². The highest BCUT2D eigenvalue weighted by Crippen LogP contribution is 2.29. The van der Waals surface area contributed by atoms with Crippen molar-refractivity contribution in [1.29, 1.82) is 0 Å². The molecule has 0 saturated heterocycles. The molecule has 0 radical (unpaired) electrons. The SMILES string of the molecule is CC(C)c1cccc2c1CCN(c1ccc3nnc(C(C)(C)C)n3n1)C2. The lowest BCUT2D eigenvalue weighted by Crippen LogP contribution is -2.32. The number of aromatic nitrogens is 4. The maximum absolute atomic E-state index is 4.87. The summed E-state index contributed by atoms with van der Waals surface area (Å²) in [5, 5.41) is 13.5. The number of fused-ring (bicyclic) bond motifs is 2. The van der Waals surface area contributed by atoms with Crippen molar-refractivity contribution in [3.8, 4) is 0 Å². The van der Waals surface area contributed by atoms with Crippen LogP contribution >= 0.6 is 0 Å². The molecular formula is C21H27N5. The fraction of sp³-hybridized carbons (Fsp3) is 0.476. The van der Waals surface area contributed by atoms with Crippen molar-refractivity contribution < 1.29 is 0 Å². The van der Waals surface area contributed by atoms with E-state index >= 15 is 0 Å². The Morgan fingerprint density at radius 2 is 1.85 bits per heavy atom. The minimum atomic E-state index is -0.0916. The van der Waals surface area contributed by atoms with Gasteiger partial charge in [-0.15, -0.1) is 15.3 Å². The molecule has 0 saturated carbocycles. The van der Waals surface area contributed by atoms with E-state index in [9.17, 15) is 0 Å². The van der Waals surface area contributed by atoms with Crippen LogP contribution in [-0.4, -0.2) is 26.4 Å². The highest BCUT2D eigenvalue weighted by molar-refractivity contribution is 5.50. The minimum absolute atomic E-state index is 0.0916. The van der Waals surface area contributed by atoms with Crippen LogP contribution in [0.15, 0.2) is 30.3 Å². The Kier molecular flexibility index (Phi) is 3.98. The molecule has 0 spiro atoms. The van der Waals surface area contributed by atoms with Gasteiger partial charge >= 0.3 is 0 Å². The summed E-state index contributed by atoms with van der Waals surface area (Å²) in [4.78, 5) is 2.36. The Balaban J connectivity index is 1.70. The van der Waals surface area contributed by atoms with E-state index in [0.29, 0.717) is 5.92 Å². The fourth-order valence-corrected chi connectivity index (χ4v) is 3.79. The van der Waals surface area contributed by atoms with Crippen molar-refractivity contribution in [1.82, 2.24) is 19.8 Å². The van der Waals surface area contributed by atoms with Crippen molar-refractivity contribution >= 4 is 11.5 Å². The summed E-state index contributed by atoms with van der Waals surface area (Å²) in [6.07, 6.45) is 1.07. The molecule has 0 fully saturated rings. The molecule has 5 heteroatoms. The van der Waals surface area contributed by atoms with Crippen molar-refractivity contribution in [2.24, 2.45) is 0 Å². The predicted octanol–water partition coefficient (Wildman–Crippen LogP) is 4.11. The first-order valence-corrected chi connectivity index (χ1v) is 9.43. The number of anilines is 1. The molecule has 0 unspecified atom stereocenters. The third-order valence-electron chi connectivity index (χ3n) is 5.17. The number of hydrogen-bond acceptors (Lipinski definition) is 4. The maximum atomic E-state index is 4.87. The Labute approximate surface area is 155 Å². The average molecular weight is 349 g/mol. The summed E-state index contributed by atoms with van der Waals surface area (Å²) in [5.41, 5.74) is 5.15. The molecule has 4 rings (SSSR count). The van der Waals surface area contributed by atoms with Gasteiger partial charge in [-0.2, -0.15) is 4.52 Å². The molecule has 5 nitrogen and oxygen atoms in total. The predicted molar refractivity (Wildman–Crippen MR) is 105 cm³/mol. The van der Waals surface area contributed by atoms with Crippen LogP contribution in [0.4, 0.5) is 5.82 Å². The molecule has 0 N–H and O–H groups in total. The highest BCUT2D eigenvalue weighted by atomic mass is 15.4. The summed E-state index contributed by atoms with van der Waals surface area (Å²) >= 11 is 0. The fourth-order valence-electron chi connectivity index (χ4n) is 3.79. The number of rotatable bonds is 2. The lowest BCUT2D eigenvalue weighted by Gasteiger charge is -2.31. The van der Waals surface area contributed by atoms with Crippen molar-refractivity contribution in [2.45, 2.75) is 58.9 Å². The van der Waals surface area contributed by atoms with E-state index in [1.807, 2.05) is 10.6 Å². The Morgan fingerprint density at radius 1 is 1.04 bits per heavy atom. The monoisotopic (exact) mass is 349 g/mol. The standard InChI is InChI=1S/C21H27N5/c1-14(2)16-8-6-7-15-13-25(12-11-17(15)16)19-10-9-18-22-23-20(21(3,4)5)26(18)24-19/h6-10,14H,11-13H2,1-5H3. The second-order valence-electron chi connectivity index (χ2n) is 8.55. The van der Waals surface area contributed by atoms with Gasteiger partial charge in [0.25, 0.3) is 0 Å². The molecule has 1 aliphatic rings. The number of hydrogen-bond donors (Lipinski definition) is 0. The lowest BCUT2D eigenvalue weighted by molar-refractivity contribution is 0.525. The van der Waals surface area contributed by atoms with Gasteiger partial charge in [0.15, 0.2) is 11.5 Å². The van der Waals surface area contributed by atoms with Crippen LogP contribution in [0.1, 0.15) is 63.1 Å². The third kappa shape index (κ3) is 2.85. The summed E-state index contributed by atoms with van der Waals surface area (Å²) in [5.74, 6) is 2.45. The van der Waals surface area contributed by atoms with E-state index in [1.165, 1.54) is 16.7 Å². The van der Waals surface area contributed by atoms with Gasteiger partial charge in [0.2, 0.25) is 0 Å². The van der Waals surface area contributed by atoms with Gasteiger partial charge in [0, 0.05) is 18.5 Å². The second-order valence-corrected chi connectivity index (χ2v) is 8.55. The third-order valence-corrected chi connectivity index (χ3v) is 5.17. The largest absolute Gasteiger partial charge is 0.351 e. The van der Waals surface area contributed by atoms with E-state index in [1.54, 1.807) is 0 Å². The molecule has 136 valence electrons. The molecule has 3 heterocycles.